The number of methoxy groups -OCH3 is 1. The molecule has 0 saturated heterocycles. The first-order valence-electron chi connectivity index (χ1n) is 4.56. The van der Waals surface area contributed by atoms with Crippen molar-refractivity contribution in [2.24, 2.45) is 0 Å². The maximum absolute atomic E-state index is 11.5. The maximum Gasteiger partial charge on any atom is 0.163 e. The van der Waals surface area contributed by atoms with Crippen molar-refractivity contribution in [2.75, 3.05) is 7.11 Å². The molecule has 0 aliphatic carbocycles. The van der Waals surface area contributed by atoms with Gasteiger partial charge < -0.3 is 4.74 Å². The van der Waals surface area contributed by atoms with Crippen molar-refractivity contribution in [3.05, 3.63) is 42.5 Å². The van der Waals surface area contributed by atoms with Gasteiger partial charge in [-0.1, -0.05) is 6.08 Å². The molecule has 0 heterocycles. The Hall–Kier alpha value is -1.57. The van der Waals surface area contributed by atoms with Gasteiger partial charge >= 0.3 is 0 Å². The van der Waals surface area contributed by atoms with E-state index < -0.39 is 0 Å². The Bertz CT molecular complexity index is 312. The van der Waals surface area contributed by atoms with Crippen LogP contribution >= 0.6 is 0 Å². The van der Waals surface area contributed by atoms with E-state index in [1.165, 1.54) is 0 Å². The van der Waals surface area contributed by atoms with Crippen LogP contribution in [-0.2, 0) is 0 Å². The van der Waals surface area contributed by atoms with Gasteiger partial charge in [0.15, 0.2) is 5.78 Å². The highest BCUT2D eigenvalue weighted by atomic mass is 16.5. The second-order valence-corrected chi connectivity index (χ2v) is 2.98. The van der Waals surface area contributed by atoms with Crippen molar-refractivity contribution in [1.82, 2.24) is 0 Å². The molecule has 0 aromatic heterocycles. The van der Waals surface area contributed by atoms with E-state index in [0.29, 0.717) is 6.42 Å². The Morgan fingerprint density at radius 3 is 2.57 bits per heavy atom. The summed E-state index contributed by atoms with van der Waals surface area (Å²) in [6, 6.07) is 7.15. The second kappa shape index (κ2) is 5.22. The van der Waals surface area contributed by atoms with Gasteiger partial charge in [0, 0.05) is 12.0 Å². The topological polar surface area (TPSA) is 26.3 Å². The summed E-state index contributed by atoms with van der Waals surface area (Å²) in [5.41, 5.74) is 0.729. The highest BCUT2D eigenvalue weighted by Gasteiger charge is 2.03. The lowest BCUT2D eigenvalue weighted by atomic mass is 10.1. The minimum Gasteiger partial charge on any atom is -0.497 e. The van der Waals surface area contributed by atoms with Crippen molar-refractivity contribution in [1.29, 1.82) is 0 Å². The van der Waals surface area contributed by atoms with Gasteiger partial charge in [-0.15, -0.1) is 6.58 Å². The minimum atomic E-state index is 0.146. The van der Waals surface area contributed by atoms with Crippen LogP contribution in [0, 0.1) is 0 Å². The molecule has 0 fully saturated rings. The molecular formula is C12H14O2. The number of hydrogen-bond donors (Lipinski definition) is 0. The van der Waals surface area contributed by atoms with E-state index in [4.69, 9.17) is 4.74 Å². The number of carbonyl (C=O) groups excluding carboxylic acids is 1. The first-order chi connectivity index (χ1) is 6.77. The van der Waals surface area contributed by atoms with Crippen LogP contribution in [0.3, 0.4) is 0 Å². The summed E-state index contributed by atoms with van der Waals surface area (Å²) in [6.07, 6.45) is 3.00. The molecule has 1 aromatic rings. The molecule has 0 radical (unpaired) electrons. The first-order valence-corrected chi connectivity index (χ1v) is 4.56. The number of Topliss-reactive ketones (excluding diaryl/α,β-unsaturated/α-hetero) is 1. The lowest BCUT2D eigenvalue weighted by Crippen LogP contribution is -1.97. The fourth-order valence-corrected chi connectivity index (χ4v) is 1.15. The van der Waals surface area contributed by atoms with Crippen molar-refractivity contribution in [2.45, 2.75) is 12.8 Å². The van der Waals surface area contributed by atoms with Gasteiger partial charge in [0.2, 0.25) is 0 Å². The van der Waals surface area contributed by atoms with Gasteiger partial charge in [0.05, 0.1) is 7.11 Å². The third kappa shape index (κ3) is 2.73. The molecule has 74 valence electrons. The molecule has 0 N–H and O–H groups in total. The van der Waals surface area contributed by atoms with Gasteiger partial charge in [-0.2, -0.15) is 0 Å². The quantitative estimate of drug-likeness (QED) is 0.527. The van der Waals surface area contributed by atoms with Gasteiger partial charge in [0.1, 0.15) is 5.75 Å². The molecule has 0 atom stereocenters. The summed E-state index contributed by atoms with van der Waals surface area (Å²) in [7, 11) is 1.61. The summed E-state index contributed by atoms with van der Waals surface area (Å²) in [5.74, 6) is 0.915. The summed E-state index contributed by atoms with van der Waals surface area (Å²) < 4.78 is 5.00. The van der Waals surface area contributed by atoms with Crippen molar-refractivity contribution >= 4 is 5.78 Å². The van der Waals surface area contributed by atoms with Crippen LogP contribution in [0.2, 0.25) is 0 Å². The number of allylic oxidation sites excluding steroid dienone is 1. The zero-order valence-electron chi connectivity index (χ0n) is 8.32. The Labute approximate surface area is 84.2 Å². The van der Waals surface area contributed by atoms with Gasteiger partial charge in [-0.25, -0.2) is 0 Å². The van der Waals surface area contributed by atoms with E-state index in [2.05, 4.69) is 6.58 Å². The highest BCUT2D eigenvalue weighted by molar-refractivity contribution is 5.96. The predicted molar refractivity (Wildman–Crippen MR) is 56.8 cm³/mol. The zero-order valence-corrected chi connectivity index (χ0v) is 8.32. The predicted octanol–water partition coefficient (Wildman–Crippen LogP) is 2.84. The SMILES string of the molecule is C=CCCC(=O)c1ccc(OC)cc1. The smallest absolute Gasteiger partial charge is 0.163 e. The van der Waals surface area contributed by atoms with Crippen LogP contribution < -0.4 is 4.74 Å². The van der Waals surface area contributed by atoms with Crippen LogP contribution in [0.25, 0.3) is 0 Å². The van der Waals surface area contributed by atoms with Gasteiger partial charge in [0.25, 0.3) is 0 Å². The zero-order chi connectivity index (χ0) is 10.4. The summed E-state index contributed by atoms with van der Waals surface area (Å²) >= 11 is 0. The van der Waals surface area contributed by atoms with Crippen molar-refractivity contribution in [3.63, 3.8) is 0 Å². The molecule has 0 saturated carbocycles. The number of benzene rings is 1. The van der Waals surface area contributed by atoms with Gasteiger partial charge in [-0.05, 0) is 30.7 Å². The van der Waals surface area contributed by atoms with E-state index in [0.717, 1.165) is 17.7 Å². The Kier molecular flexibility index (Phi) is 3.92. The van der Waals surface area contributed by atoms with Crippen LogP contribution in [0.15, 0.2) is 36.9 Å². The molecule has 1 aromatic carbocycles. The molecule has 2 heteroatoms. The largest absolute Gasteiger partial charge is 0.497 e. The van der Waals surface area contributed by atoms with Crippen LogP contribution in [0.5, 0.6) is 5.75 Å². The lowest BCUT2D eigenvalue weighted by Gasteiger charge is -2.01. The third-order valence-corrected chi connectivity index (χ3v) is 1.99. The maximum atomic E-state index is 11.5. The molecule has 2 nitrogen and oxygen atoms in total. The molecule has 0 amide bonds. The molecule has 0 unspecified atom stereocenters. The van der Waals surface area contributed by atoms with E-state index in [1.807, 2.05) is 0 Å². The summed E-state index contributed by atoms with van der Waals surface area (Å²) in [6.45, 7) is 3.58. The highest BCUT2D eigenvalue weighted by Crippen LogP contribution is 2.13. The molecule has 14 heavy (non-hydrogen) atoms. The Balaban J connectivity index is 2.66. The number of hydrogen-bond acceptors (Lipinski definition) is 2. The summed E-state index contributed by atoms with van der Waals surface area (Å²) in [4.78, 5) is 11.5. The van der Waals surface area contributed by atoms with Crippen LogP contribution in [0.4, 0.5) is 0 Å². The standard InChI is InChI=1S/C12H14O2/c1-3-4-5-12(13)10-6-8-11(14-2)9-7-10/h3,6-9H,1,4-5H2,2H3. The molecule has 0 bridgehead atoms. The molecule has 1 rings (SSSR count). The summed E-state index contributed by atoms with van der Waals surface area (Å²) in [5, 5.41) is 0. The number of rotatable bonds is 5. The number of carbonyl (C=O) groups is 1. The van der Waals surface area contributed by atoms with E-state index in [1.54, 1.807) is 37.5 Å². The molecule has 0 aliphatic heterocycles. The van der Waals surface area contributed by atoms with E-state index in [-0.39, 0.29) is 5.78 Å². The Morgan fingerprint density at radius 1 is 1.43 bits per heavy atom. The van der Waals surface area contributed by atoms with Gasteiger partial charge in [-0.3, -0.25) is 4.79 Å². The van der Waals surface area contributed by atoms with Crippen molar-refractivity contribution in [3.8, 4) is 5.75 Å². The fraction of sp³-hybridized carbons (Fsp3) is 0.250. The first kappa shape index (κ1) is 10.5. The second-order valence-electron chi connectivity index (χ2n) is 2.98. The fourth-order valence-electron chi connectivity index (χ4n) is 1.15. The number of ether oxygens (including phenoxy) is 1. The van der Waals surface area contributed by atoms with E-state index in [9.17, 15) is 4.79 Å². The molecular weight excluding hydrogens is 176 g/mol. The van der Waals surface area contributed by atoms with E-state index >= 15 is 0 Å². The minimum absolute atomic E-state index is 0.146. The normalized spacial score (nSPS) is 9.50. The van der Waals surface area contributed by atoms with Crippen LogP contribution in [0.1, 0.15) is 23.2 Å². The Morgan fingerprint density at radius 2 is 2.07 bits per heavy atom. The third-order valence-electron chi connectivity index (χ3n) is 1.99. The number of ketones is 1. The molecule has 0 aliphatic rings. The lowest BCUT2D eigenvalue weighted by molar-refractivity contribution is 0.0983. The van der Waals surface area contributed by atoms with Crippen molar-refractivity contribution < 1.29 is 9.53 Å². The average molecular weight is 190 g/mol. The average Bonchev–Trinajstić information content (AvgIpc) is 2.26. The monoisotopic (exact) mass is 190 g/mol. The van der Waals surface area contributed by atoms with Crippen LogP contribution in [-0.4, -0.2) is 12.9 Å². The molecule has 0 spiro atoms.